The van der Waals surface area contributed by atoms with Gasteiger partial charge in [-0.25, -0.2) is 0 Å². The van der Waals surface area contributed by atoms with Crippen molar-refractivity contribution in [2.45, 2.75) is 147 Å². The van der Waals surface area contributed by atoms with Crippen LogP contribution in [0.4, 0.5) is 0 Å². The number of esters is 1. The number of likely N-dealkylation sites (N-methyl/N-ethyl adjacent to an activating group) is 1. The van der Waals surface area contributed by atoms with E-state index in [1.54, 1.807) is 45.0 Å². The highest BCUT2D eigenvalue weighted by Crippen LogP contribution is 2.35. The van der Waals surface area contributed by atoms with Crippen molar-refractivity contribution < 1.29 is 63.2 Å². The quantitative estimate of drug-likeness (QED) is 0.226. The predicted octanol–water partition coefficient (Wildman–Crippen LogP) is 2.39. The summed E-state index contributed by atoms with van der Waals surface area (Å²) in [6, 6.07) is -0.650. The van der Waals surface area contributed by atoms with Gasteiger partial charge in [0.05, 0.1) is 37.1 Å². The van der Waals surface area contributed by atoms with E-state index in [1.807, 2.05) is 33.8 Å². The standard InChI is InChI=1S/C39H67NO13/c1-11-29-27(20-49-39-37(48-10)36(47-9)33(45)25(6)51-39)18-21(2)12-14-28(42)23(4)19-26(16-17-41)35(22(3)13-15-30(43)52-29)53-38-34(46)31(40(7)8)32(44)24(5)50-38/h12,14,18,22-27,29,31-39,41,44-46H,11,13,15-17,19-20H2,1-10H3/b14-12+,21-18+/t22-,23+,24+,25?,26-,27+,29+,31?,32+,33+,34?,35+,36-,37?,38-,39+/m0/s1. The minimum atomic E-state index is -1.18. The number of methoxy groups -OCH3 is 2. The van der Waals surface area contributed by atoms with Crippen molar-refractivity contribution in [2.75, 3.05) is 41.5 Å². The van der Waals surface area contributed by atoms with Gasteiger partial charge < -0.3 is 58.5 Å². The van der Waals surface area contributed by atoms with Gasteiger partial charge in [0.2, 0.25) is 0 Å². The Kier molecular flexibility index (Phi) is 18.5. The van der Waals surface area contributed by atoms with E-state index in [0.717, 1.165) is 5.57 Å². The van der Waals surface area contributed by atoms with Crippen LogP contribution in [0, 0.1) is 23.7 Å². The minimum Gasteiger partial charge on any atom is -0.462 e. The maximum Gasteiger partial charge on any atom is 0.306 e. The lowest BCUT2D eigenvalue weighted by atomic mass is 9.80. The van der Waals surface area contributed by atoms with Crippen LogP contribution in [0.3, 0.4) is 0 Å². The van der Waals surface area contributed by atoms with E-state index < -0.39 is 91.4 Å². The van der Waals surface area contributed by atoms with E-state index in [1.165, 1.54) is 14.2 Å². The lowest BCUT2D eigenvalue weighted by Gasteiger charge is -2.46. The monoisotopic (exact) mass is 757 g/mol. The third-order valence-electron chi connectivity index (χ3n) is 11.1. The fourth-order valence-corrected chi connectivity index (χ4v) is 7.84. The van der Waals surface area contributed by atoms with Gasteiger partial charge in [-0.05, 0) is 78.5 Å². The summed E-state index contributed by atoms with van der Waals surface area (Å²) in [6.07, 6.45) is -1.96. The first-order chi connectivity index (χ1) is 25.1. The zero-order valence-electron chi connectivity index (χ0n) is 33.3. The number of aliphatic hydroxyl groups is 4. The highest BCUT2D eigenvalue weighted by molar-refractivity contribution is 5.91. The van der Waals surface area contributed by atoms with Gasteiger partial charge in [-0.2, -0.15) is 0 Å². The zero-order valence-corrected chi connectivity index (χ0v) is 33.3. The van der Waals surface area contributed by atoms with Crippen molar-refractivity contribution in [3.63, 3.8) is 0 Å². The Bertz CT molecular complexity index is 1200. The first-order valence-electron chi connectivity index (χ1n) is 19.1. The van der Waals surface area contributed by atoms with E-state index in [2.05, 4.69) is 0 Å². The van der Waals surface area contributed by atoms with Crippen LogP contribution in [0.15, 0.2) is 23.8 Å². The molecule has 0 aromatic heterocycles. The van der Waals surface area contributed by atoms with Crippen LogP contribution in [0.1, 0.15) is 73.6 Å². The molecular weight excluding hydrogens is 690 g/mol. The number of nitrogens with zero attached hydrogens (tertiary/aromatic N) is 1. The van der Waals surface area contributed by atoms with Crippen molar-refractivity contribution in [1.29, 1.82) is 0 Å². The number of carbonyl (C=O) groups excluding carboxylic acids is 2. The Morgan fingerprint density at radius 2 is 1.53 bits per heavy atom. The molecule has 0 spiro atoms. The predicted molar refractivity (Wildman–Crippen MR) is 196 cm³/mol. The third kappa shape index (κ3) is 12.1. The molecule has 306 valence electrons. The van der Waals surface area contributed by atoms with Crippen molar-refractivity contribution in [3.8, 4) is 0 Å². The maximum atomic E-state index is 13.5. The molecular formula is C39H67NO13. The average Bonchev–Trinajstić information content (AvgIpc) is 3.11. The molecule has 4 unspecified atom stereocenters. The van der Waals surface area contributed by atoms with Crippen molar-refractivity contribution >= 4 is 11.8 Å². The van der Waals surface area contributed by atoms with Crippen molar-refractivity contribution in [2.24, 2.45) is 23.7 Å². The molecule has 4 N–H and O–H groups in total. The summed E-state index contributed by atoms with van der Waals surface area (Å²) in [5.41, 5.74) is 0.768. The molecule has 0 aromatic rings. The van der Waals surface area contributed by atoms with Crippen LogP contribution >= 0.6 is 0 Å². The molecule has 3 aliphatic rings. The topological polar surface area (TPSA) is 183 Å². The number of carbonyl (C=O) groups is 2. The van der Waals surface area contributed by atoms with Gasteiger partial charge in [-0.3, -0.25) is 9.59 Å². The van der Waals surface area contributed by atoms with Gasteiger partial charge in [0.25, 0.3) is 0 Å². The molecule has 0 saturated carbocycles. The maximum absolute atomic E-state index is 13.5. The zero-order chi connectivity index (χ0) is 39.6. The smallest absolute Gasteiger partial charge is 0.306 e. The number of hydrogen-bond donors (Lipinski definition) is 4. The Hall–Kier alpha value is -1.82. The van der Waals surface area contributed by atoms with E-state index in [-0.39, 0.29) is 37.3 Å². The van der Waals surface area contributed by atoms with Crippen molar-refractivity contribution in [3.05, 3.63) is 23.8 Å². The molecule has 0 aliphatic carbocycles. The van der Waals surface area contributed by atoms with Crippen LogP contribution in [-0.2, 0) is 42.7 Å². The molecule has 0 aromatic carbocycles. The second kappa shape index (κ2) is 21.5. The first-order valence-corrected chi connectivity index (χ1v) is 19.1. The lowest BCUT2D eigenvalue weighted by Crippen LogP contribution is -2.63. The molecule has 0 radical (unpaired) electrons. The Morgan fingerprint density at radius 3 is 2.13 bits per heavy atom. The summed E-state index contributed by atoms with van der Waals surface area (Å²) in [6.45, 7) is 11.0. The molecule has 2 saturated heterocycles. The van der Waals surface area contributed by atoms with Gasteiger partial charge in [-0.1, -0.05) is 38.5 Å². The van der Waals surface area contributed by atoms with Gasteiger partial charge in [0.1, 0.15) is 30.5 Å². The second-order valence-electron chi connectivity index (χ2n) is 15.4. The Morgan fingerprint density at radius 1 is 0.887 bits per heavy atom. The summed E-state index contributed by atoms with van der Waals surface area (Å²) in [4.78, 5) is 28.8. The fraction of sp³-hybridized carbons (Fsp3) is 0.846. The van der Waals surface area contributed by atoms with E-state index in [0.29, 0.717) is 25.7 Å². The van der Waals surface area contributed by atoms with Crippen LogP contribution < -0.4 is 0 Å². The molecule has 3 rings (SSSR count). The molecule has 53 heavy (non-hydrogen) atoms. The molecule has 14 heteroatoms. The summed E-state index contributed by atoms with van der Waals surface area (Å²) < 4.78 is 42.0. The number of allylic oxidation sites excluding steroid dienone is 3. The summed E-state index contributed by atoms with van der Waals surface area (Å²) in [7, 11) is 6.52. The van der Waals surface area contributed by atoms with E-state index in [9.17, 15) is 30.0 Å². The van der Waals surface area contributed by atoms with E-state index >= 15 is 0 Å². The molecule has 16 atom stereocenters. The Balaban J connectivity index is 1.92. The van der Waals surface area contributed by atoms with Crippen LogP contribution in [-0.4, -0.2) is 152 Å². The fourth-order valence-electron chi connectivity index (χ4n) is 7.84. The lowest BCUT2D eigenvalue weighted by molar-refractivity contribution is -0.304. The summed E-state index contributed by atoms with van der Waals surface area (Å²) >= 11 is 0. The van der Waals surface area contributed by atoms with E-state index in [4.69, 9.17) is 33.2 Å². The van der Waals surface area contributed by atoms with Gasteiger partial charge >= 0.3 is 5.97 Å². The summed E-state index contributed by atoms with van der Waals surface area (Å²) in [5.74, 6) is -1.94. The van der Waals surface area contributed by atoms with Crippen molar-refractivity contribution in [1.82, 2.24) is 4.90 Å². The average molecular weight is 758 g/mol. The molecule has 0 bridgehead atoms. The van der Waals surface area contributed by atoms with Crippen LogP contribution in [0.25, 0.3) is 0 Å². The number of rotatable bonds is 11. The number of hydrogen-bond acceptors (Lipinski definition) is 14. The SMILES string of the molecule is CC[C@H]1OC(=O)CC[C@H](C)[C@@H](O[C@@H]2O[C@H](C)[C@@H](O)C(N(C)C)C2O)[C@@H](CCO)C[C@@H](C)C(=O)/C=C/C(C)=C/[C@@H]1CO[C@@H]1OC(C)[C@@H](O)[C@H](OC)C1OC. The highest BCUT2D eigenvalue weighted by Gasteiger charge is 2.47. The van der Waals surface area contributed by atoms with Gasteiger partial charge in [-0.15, -0.1) is 0 Å². The van der Waals surface area contributed by atoms with Crippen LogP contribution in [0.5, 0.6) is 0 Å². The largest absolute Gasteiger partial charge is 0.462 e. The first kappa shape index (κ1) is 45.6. The molecule has 14 nitrogen and oxygen atoms in total. The minimum absolute atomic E-state index is 0.0694. The normalized spacial score (nSPS) is 42.9. The second-order valence-corrected chi connectivity index (χ2v) is 15.4. The number of aliphatic hydroxyl groups excluding tert-OH is 4. The molecule has 3 aliphatic heterocycles. The van der Waals surface area contributed by atoms with Gasteiger partial charge in [0, 0.05) is 39.1 Å². The molecule has 0 amide bonds. The molecule has 2 fully saturated rings. The summed E-state index contributed by atoms with van der Waals surface area (Å²) in [5, 5.41) is 42.8. The third-order valence-corrected chi connectivity index (χ3v) is 11.1. The highest BCUT2D eigenvalue weighted by atomic mass is 16.7. The van der Waals surface area contributed by atoms with Crippen LogP contribution in [0.2, 0.25) is 0 Å². The molecule has 3 heterocycles. The Labute approximate surface area is 315 Å². The number of cyclic esters (lactones) is 1. The van der Waals surface area contributed by atoms with Gasteiger partial charge in [0.15, 0.2) is 18.4 Å². The number of ether oxygens (including phenoxy) is 7. The number of ketones is 1.